The van der Waals surface area contributed by atoms with Crippen LogP contribution in [0.15, 0.2) is 30.9 Å². The molecule has 1 aliphatic heterocycles. The van der Waals surface area contributed by atoms with E-state index in [9.17, 15) is 0 Å². The molecule has 2 aromatic rings. The van der Waals surface area contributed by atoms with Gasteiger partial charge in [0.05, 0.1) is 17.7 Å². The van der Waals surface area contributed by atoms with Crippen LogP contribution in [0, 0.1) is 0 Å². The molecule has 1 aliphatic rings. The van der Waals surface area contributed by atoms with Crippen molar-refractivity contribution >= 4 is 0 Å². The number of aryl methyl sites for hydroxylation is 1. The van der Waals surface area contributed by atoms with Crippen LogP contribution in [0.4, 0.5) is 0 Å². The van der Waals surface area contributed by atoms with Crippen LogP contribution in [0.1, 0.15) is 18.2 Å². The lowest BCUT2D eigenvalue weighted by Crippen LogP contribution is -2.06. The summed E-state index contributed by atoms with van der Waals surface area (Å²) >= 11 is 0. The van der Waals surface area contributed by atoms with Gasteiger partial charge in [0, 0.05) is 30.5 Å². The Balaban J connectivity index is 2.15. The number of pyridine rings is 1. The van der Waals surface area contributed by atoms with Gasteiger partial charge in [-0.2, -0.15) is 0 Å². The zero-order valence-corrected chi connectivity index (χ0v) is 8.30. The van der Waals surface area contributed by atoms with Crippen LogP contribution in [-0.2, 0) is 6.54 Å². The van der Waals surface area contributed by atoms with Gasteiger partial charge in [-0.3, -0.25) is 4.98 Å². The van der Waals surface area contributed by atoms with Crippen LogP contribution < -0.4 is 5.73 Å². The number of hydrogen-bond donors (Lipinski definition) is 1. The second-order valence-corrected chi connectivity index (χ2v) is 3.81. The van der Waals surface area contributed by atoms with Crippen molar-refractivity contribution in [2.75, 3.05) is 0 Å². The molecule has 0 bridgehead atoms. The van der Waals surface area contributed by atoms with Crippen molar-refractivity contribution in [3.05, 3.63) is 36.5 Å². The molecule has 0 saturated heterocycles. The van der Waals surface area contributed by atoms with Crippen LogP contribution >= 0.6 is 0 Å². The fourth-order valence-corrected chi connectivity index (χ4v) is 2.10. The first kappa shape index (κ1) is 8.61. The average Bonchev–Trinajstić information content (AvgIpc) is 2.84. The van der Waals surface area contributed by atoms with Crippen molar-refractivity contribution in [1.82, 2.24) is 14.5 Å². The lowest BCUT2D eigenvalue weighted by molar-refractivity contribution is 0.679. The summed E-state index contributed by atoms with van der Waals surface area (Å²) in [7, 11) is 0. The van der Waals surface area contributed by atoms with Crippen molar-refractivity contribution in [2.24, 2.45) is 5.73 Å². The molecule has 0 saturated carbocycles. The molecule has 0 aromatic carbocycles. The lowest BCUT2D eigenvalue weighted by atomic mass is 10.1. The second-order valence-electron chi connectivity index (χ2n) is 3.81. The molecule has 15 heavy (non-hydrogen) atoms. The fraction of sp³-hybridized carbons (Fsp3) is 0.273. The first-order valence-electron chi connectivity index (χ1n) is 5.07. The smallest absolute Gasteiger partial charge is 0.0956 e. The number of hydrogen-bond acceptors (Lipinski definition) is 3. The minimum absolute atomic E-state index is 0.114. The van der Waals surface area contributed by atoms with Gasteiger partial charge in [0.25, 0.3) is 0 Å². The largest absolute Gasteiger partial charge is 0.333 e. The predicted octanol–water partition coefficient (Wildman–Crippen LogP) is 1.35. The lowest BCUT2D eigenvalue weighted by Gasteiger charge is -2.04. The third-order valence-electron chi connectivity index (χ3n) is 2.85. The highest BCUT2D eigenvalue weighted by atomic mass is 15.1. The van der Waals surface area contributed by atoms with Crippen molar-refractivity contribution in [3.8, 4) is 11.3 Å². The molecule has 3 heterocycles. The summed E-state index contributed by atoms with van der Waals surface area (Å²) in [6.07, 6.45) is 6.46. The van der Waals surface area contributed by atoms with E-state index in [-0.39, 0.29) is 6.04 Å². The Bertz CT molecular complexity index is 475. The standard InChI is InChI=1S/C11H12N4/c12-9-3-5-15-7-14-10(11(9)15)8-2-1-4-13-6-8/h1-2,4,6-7,9H,3,5,12H2. The van der Waals surface area contributed by atoms with Gasteiger partial charge < -0.3 is 10.3 Å². The van der Waals surface area contributed by atoms with E-state index in [4.69, 9.17) is 5.73 Å². The Morgan fingerprint density at radius 1 is 1.47 bits per heavy atom. The van der Waals surface area contributed by atoms with Gasteiger partial charge in [-0.15, -0.1) is 0 Å². The minimum atomic E-state index is 0.114. The molecular weight excluding hydrogens is 188 g/mol. The maximum Gasteiger partial charge on any atom is 0.0956 e. The average molecular weight is 200 g/mol. The Kier molecular flexibility index (Phi) is 1.82. The topological polar surface area (TPSA) is 56.7 Å². The fourth-order valence-electron chi connectivity index (χ4n) is 2.10. The quantitative estimate of drug-likeness (QED) is 0.756. The van der Waals surface area contributed by atoms with Gasteiger partial charge in [0.15, 0.2) is 0 Å². The van der Waals surface area contributed by atoms with E-state index in [0.29, 0.717) is 0 Å². The van der Waals surface area contributed by atoms with Gasteiger partial charge >= 0.3 is 0 Å². The van der Waals surface area contributed by atoms with Crippen molar-refractivity contribution in [1.29, 1.82) is 0 Å². The van der Waals surface area contributed by atoms with Crippen LogP contribution in [-0.4, -0.2) is 14.5 Å². The highest BCUT2D eigenvalue weighted by Gasteiger charge is 2.24. The molecule has 76 valence electrons. The summed E-state index contributed by atoms with van der Waals surface area (Å²) in [6, 6.07) is 4.05. The summed E-state index contributed by atoms with van der Waals surface area (Å²) in [6.45, 7) is 0.976. The molecule has 4 nitrogen and oxygen atoms in total. The van der Waals surface area contributed by atoms with Gasteiger partial charge in [0.2, 0.25) is 0 Å². The number of aromatic nitrogens is 3. The van der Waals surface area contributed by atoms with Crippen molar-refractivity contribution in [3.63, 3.8) is 0 Å². The summed E-state index contributed by atoms with van der Waals surface area (Å²) in [5.41, 5.74) is 9.21. The molecular formula is C11H12N4. The monoisotopic (exact) mass is 200 g/mol. The summed E-state index contributed by atoms with van der Waals surface area (Å²) in [5.74, 6) is 0. The maximum absolute atomic E-state index is 6.05. The first-order chi connectivity index (χ1) is 7.36. The van der Waals surface area contributed by atoms with E-state index in [1.54, 1.807) is 6.20 Å². The molecule has 1 atom stereocenters. The SMILES string of the molecule is NC1CCn2cnc(-c3cccnc3)c21. The van der Waals surface area contributed by atoms with Gasteiger partial charge in [0.1, 0.15) is 0 Å². The molecule has 0 radical (unpaired) electrons. The van der Waals surface area contributed by atoms with E-state index < -0.39 is 0 Å². The van der Waals surface area contributed by atoms with E-state index in [0.717, 1.165) is 29.9 Å². The first-order valence-corrected chi connectivity index (χ1v) is 5.07. The molecule has 4 heteroatoms. The number of rotatable bonds is 1. The van der Waals surface area contributed by atoms with E-state index in [2.05, 4.69) is 14.5 Å². The van der Waals surface area contributed by atoms with Crippen LogP contribution in [0.5, 0.6) is 0 Å². The van der Waals surface area contributed by atoms with E-state index >= 15 is 0 Å². The molecule has 0 fully saturated rings. The molecule has 2 N–H and O–H groups in total. The predicted molar refractivity (Wildman–Crippen MR) is 57.0 cm³/mol. The molecule has 0 spiro atoms. The summed E-state index contributed by atoms with van der Waals surface area (Å²) in [4.78, 5) is 8.50. The van der Waals surface area contributed by atoms with Crippen LogP contribution in [0.2, 0.25) is 0 Å². The van der Waals surface area contributed by atoms with Crippen LogP contribution in [0.3, 0.4) is 0 Å². The van der Waals surface area contributed by atoms with Gasteiger partial charge in [-0.05, 0) is 18.6 Å². The Morgan fingerprint density at radius 2 is 2.40 bits per heavy atom. The zero-order chi connectivity index (χ0) is 10.3. The molecule has 1 unspecified atom stereocenters. The number of imidazole rings is 1. The molecule has 2 aromatic heterocycles. The molecule has 0 amide bonds. The molecule has 0 aliphatic carbocycles. The number of nitrogens with two attached hydrogens (primary N) is 1. The van der Waals surface area contributed by atoms with Crippen molar-refractivity contribution < 1.29 is 0 Å². The normalized spacial score (nSPS) is 19.1. The van der Waals surface area contributed by atoms with Gasteiger partial charge in [-0.25, -0.2) is 4.98 Å². The maximum atomic E-state index is 6.05. The van der Waals surface area contributed by atoms with E-state index in [1.165, 1.54) is 0 Å². The third kappa shape index (κ3) is 1.26. The molecule has 3 rings (SSSR count). The minimum Gasteiger partial charge on any atom is -0.333 e. The van der Waals surface area contributed by atoms with Gasteiger partial charge in [-0.1, -0.05) is 0 Å². The highest BCUT2D eigenvalue weighted by molar-refractivity contribution is 5.61. The Labute approximate surface area is 87.8 Å². The van der Waals surface area contributed by atoms with E-state index in [1.807, 2.05) is 24.7 Å². The highest BCUT2D eigenvalue weighted by Crippen LogP contribution is 2.31. The van der Waals surface area contributed by atoms with Crippen molar-refractivity contribution in [2.45, 2.75) is 19.0 Å². The number of fused-ring (bicyclic) bond motifs is 1. The Hall–Kier alpha value is -1.68. The number of nitrogens with zero attached hydrogens (tertiary/aromatic N) is 3. The summed E-state index contributed by atoms with van der Waals surface area (Å²) in [5, 5.41) is 0. The van der Waals surface area contributed by atoms with Crippen LogP contribution in [0.25, 0.3) is 11.3 Å². The summed E-state index contributed by atoms with van der Waals surface area (Å²) < 4.78 is 2.13. The Morgan fingerprint density at radius 3 is 3.20 bits per heavy atom. The second kappa shape index (κ2) is 3.17. The zero-order valence-electron chi connectivity index (χ0n) is 8.30. The third-order valence-corrected chi connectivity index (χ3v) is 2.85.